The number of sulfonamides is 1. The molecular weight excluding hydrogens is 326 g/mol. The molecule has 0 fully saturated rings. The van der Waals surface area contributed by atoms with Crippen molar-refractivity contribution in [1.82, 2.24) is 0 Å². The van der Waals surface area contributed by atoms with Crippen LogP contribution in [0.1, 0.15) is 19.4 Å². The van der Waals surface area contributed by atoms with Gasteiger partial charge in [-0.15, -0.1) is 0 Å². The van der Waals surface area contributed by atoms with Crippen molar-refractivity contribution in [2.45, 2.75) is 31.8 Å². The first-order chi connectivity index (χ1) is 11.3. The van der Waals surface area contributed by atoms with E-state index in [0.29, 0.717) is 5.69 Å². The van der Waals surface area contributed by atoms with E-state index in [9.17, 15) is 13.2 Å². The molecule has 0 radical (unpaired) electrons. The summed E-state index contributed by atoms with van der Waals surface area (Å²) in [5, 5.41) is 0. The molecule has 2 aromatic rings. The van der Waals surface area contributed by atoms with Gasteiger partial charge in [0.05, 0.1) is 16.7 Å². The van der Waals surface area contributed by atoms with E-state index in [-0.39, 0.29) is 17.5 Å². The summed E-state index contributed by atoms with van der Waals surface area (Å²) >= 11 is 0. The number of aryl methyl sites for hydroxylation is 1. The van der Waals surface area contributed by atoms with Crippen molar-refractivity contribution in [3.63, 3.8) is 0 Å². The first-order valence-corrected chi connectivity index (χ1v) is 9.08. The molecule has 2 aromatic carbocycles. The Hall–Kier alpha value is -2.34. The van der Waals surface area contributed by atoms with Crippen molar-refractivity contribution in [1.29, 1.82) is 0 Å². The van der Waals surface area contributed by atoms with E-state index in [0.717, 1.165) is 9.87 Å². The van der Waals surface area contributed by atoms with Gasteiger partial charge in [-0.05, 0) is 45.0 Å². The van der Waals surface area contributed by atoms with Crippen molar-refractivity contribution < 1.29 is 17.9 Å². The second kappa shape index (κ2) is 7.49. The lowest BCUT2D eigenvalue weighted by atomic mass is 10.2. The van der Waals surface area contributed by atoms with Crippen LogP contribution in [0.25, 0.3) is 0 Å². The molecule has 0 saturated heterocycles. The molecule has 5 nitrogen and oxygen atoms in total. The summed E-state index contributed by atoms with van der Waals surface area (Å²) in [5.41, 5.74) is 1.37. The van der Waals surface area contributed by atoms with Gasteiger partial charge in [0.25, 0.3) is 10.0 Å². The van der Waals surface area contributed by atoms with E-state index in [2.05, 4.69) is 0 Å². The second-order valence-corrected chi connectivity index (χ2v) is 7.56. The third-order valence-electron chi connectivity index (χ3n) is 3.29. The zero-order chi connectivity index (χ0) is 17.7. The molecule has 0 bridgehead atoms. The Labute approximate surface area is 142 Å². The highest BCUT2D eigenvalue weighted by Crippen LogP contribution is 2.23. The van der Waals surface area contributed by atoms with E-state index < -0.39 is 16.0 Å². The minimum Gasteiger partial charge on any atom is -0.462 e. The number of hydrogen-bond donors (Lipinski definition) is 0. The number of rotatable bonds is 6. The molecule has 0 aliphatic rings. The molecule has 6 heteroatoms. The quantitative estimate of drug-likeness (QED) is 0.753. The zero-order valence-corrected chi connectivity index (χ0v) is 14.8. The van der Waals surface area contributed by atoms with E-state index in [4.69, 9.17) is 4.74 Å². The summed E-state index contributed by atoms with van der Waals surface area (Å²) in [6, 6.07) is 15.0. The summed E-state index contributed by atoms with van der Waals surface area (Å²) in [7, 11) is -3.87. The highest BCUT2D eigenvalue weighted by molar-refractivity contribution is 7.92. The molecule has 0 aromatic heterocycles. The molecule has 0 aliphatic carbocycles. The molecule has 128 valence electrons. The normalized spacial score (nSPS) is 11.3. The SMILES string of the molecule is Cc1ccc(S(=O)(=O)N(CC(=O)OC(C)C)c2ccccc2)cc1. The Morgan fingerprint density at radius 2 is 1.62 bits per heavy atom. The highest BCUT2D eigenvalue weighted by atomic mass is 32.2. The van der Waals surface area contributed by atoms with Crippen molar-refractivity contribution in [2.24, 2.45) is 0 Å². The van der Waals surface area contributed by atoms with Gasteiger partial charge >= 0.3 is 5.97 Å². The summed E-state index contributed by atoms with van der Waals surface area (Å²) in [5.74, 6) is -0.593. The van der Waals surface area contributed by atoms with Crippen LogP contribution in [0.15, 0.2) is 59.5 Å². The van der Waals surface area contributed by atoms with Crippen LogP contribution in [0.5, 0.6) is 0 Å². The molecule has 24 heavy (non-hydrogen) atoms. The summed E-state index contributed by atoms with van der Waals surface area (Å²) in [6.45, 7) is 4.95. The van der Waals surface area contributed by atoms with Gasteiger partial charge in [0, 0.05) is 0 Å². The van der Waals surface area contributed by atoms with Crippen molar-refractivity contribution >= 4 is 21.7 Å². The highest BCUT2D eigenvalue weighted by Gasteiger charge is 2.27. The fraction of sp³-hybridized carbons (Fsp3) is 0.278. The standard InChI is InChI=1S/C18H21NO4S/c1-14(2)23-18(20)13-19(16-7-5-4-6-8-16)24(21,22)17-11-9-15(3)10-12-17/h4-12,14H,13H2,1-3H3. The predicted octanol–water partition coefficient (Wildman–Crippen LogP) is 3.14. The zero-order valence-electron chi connectivity index (χ0n) is 14.0. The molecule has 0 atom stereocenters. The van der Waals surface area contributed by atoms with Crippen LogP contribution in [0, 0.1) is 6.92 Å². The van der Waals surface area contributed by atoms with Crippen LogP contribution >= 0.6 is 0 Å². The molecule has 0 unspecified atom stereocenters. The maximum atomic E-state index is 13.0. The van der Waals surface area contributed by atoms with Gasteiger partial charge in [-0.1, -0.05) is 35.9 Å². The van der Waals surface area contributed by atoms with Crippen LogP contribution in [0.3, 0.4) is 0 Å². The fourth-order valence-corrected chi connectivity index (χ4v) is 3.57. The van der Waals surface area contributed by atoms with Gasteiger partial charge in [-0.25, -0.2) is 8.42 Å². The van der Waals surface area contributed by atoms with Crippen LogP contribution in [-0.4, -0.2) is 27.0 Å². The molecular formula is C18H21NO4S. The molecule has 0 heterocycles. The third kappa shape index (κ3) is 4.35. The van der Waals surface area contributed by atoms with E-state index in [1.54, 1.807) is 56.3 Å². The molecule has 0 aliphatic heterocycles. The number of carbonyl (C=O) groups excluding carboxylic acids is 1. The Bertz CT molecular complexity index is 784. The Morgan fingerprint density at radius 3 is 2.17 bits per heavy atom. The number of hydrogen-bond acceptors (Lipinski definition) is 4. The molecule has 0 saturated carbocycles. The maximum absolute atomic E-state index is 13.0. The molecule has 0 amide bonds. The molecule has 0 spiro atoms. The topological polar surface area (TPSA) is 63.7 Å². The van der Waals surface area contributed by atoms with Gasteiger partial charge < -0.3 is 4.74 Å². The molecule has 0 N–H and O–H groups in total. The van der Waals surface area contributed by atoms with Crippen LogP contribution in [-0.2, 0) is 19.6 Å². The van der Waals surface area contributed by atoms with Gasteiger partial charge in [-0.3, -0.25) is 9.10 Å². The monoisotopic (exact) mass is 347 g/mol. The number of para-hydroxylation sites is 1. The summed E-state index contributed by atoms with van der Waals surface area (Å²) in [6.07, 6.45) is -0.308. The number of anilines is 1. The van der Waals surface area contributed by atoms with Gasteiger partial charge in [0.1, 0.15) is 6.54 Å². The van der Waals surface area contributed by atoms with E-state index in [1.807, 2.05) is 6.92 Å². The fourth-order valence-electron chi connectivity index (χ4n) is 2.16. The summed E-state index contributed by atoms with van der Waals surface area (Å²) in [4.78, 5) is 12.2. The lowest BCUT2D eigenvalue weighted by Gasteiger charge is -2.24. The minimum absolute atomic E-state index is 0.134. The minimum atomic E-state index is -3.87. The van der Waals surface area contributed by atoms with E-state index in [1.165, 1.54) is 12.1 Å². The van der Waals surface area contributed by atoms with Gasteiger partial charge in [0.15, 0.2) is 0 Å². The number of carbonyl (C=O) groups is 1. The first-order valence-electron chi connectivity index (χ1n) is 7.64. The second-order valence-electron chi connectivity index (χ2n) is 5.70. The van der Waals surface area contributed by atoms with Crippen molar-refractivity contribution in [3.8, 4) is 0 Å². The molecule has 2 rings (SSSR count). The van der Waals surface area contributed by atoms with Gasteiger partial charge in [0.2, 0.25) is 0 Å². The van der Waals surface area contributed by atoms with Crippen molar-refractivity contribution in [3.05, 3.63) is 60.2 Å². The Kier molecular flexibility index (Phi) is 5.62. The van der Waals surface area contributed by atoms with Gasteiger partial charge in [-0.2, -0.15) is 0 Å². The van der Waals surface area contributed by atoms with E-state index >= 15 is 0 Å². The van der Waals surface area contributed by atoms with Crippen LogP contribution < -0.4 is 4.31 Å². The van der Waals surface area contributed by atoms with Crippen LogP contribution in [0.2, 0.25) is 0 Å². The Morgan fingerprint density at radius 1 is 1.04 bits per heavy atom. The largest absolute Gasteiger partial charge is 0.462 e. The number of nitrogens with zero attached hydrogens (tertiary/aromatic N) is 1. The maximum Gasteiger partial charge on any atom is 0.327 e. The number of esters is 1. The number of ether oxygens (including phenoxy) is 1. The summed E-state index contributed by atoms with van der Waals surface area (Å²) < 4.78 is 32.1. The lowest BCUT2D eigenvalue weighted by Crippen LogP contribution is -2.37. The average molecular weight is 347 g/mol. The average Bonchev–Trinajstić information content (AvgIpc) is 2.53. The smallest absolute Gasteiger partial charge is 0.327 e. The number of benzene rings is 2. The lowest BCUT2D eigenvalue weighted by molar-refractivity contribution is -0.145. The third-order valence-corrected chi connectivity index (χ3v) is 5.08. The van der Waals surface area contributed by atoms with Crippen LogP contribution in [0.4, 0.5) is 5.69 Å². The predicted molar refractivity (Wildman–Crippen MR) is 93.4 cm³/mol. The first kappa shape index (κ1) is 18.0. The Balaban J connectivity index is 2.41. The van der Waals surface area contributed by atoms with Crippen molar-refractivity contribution in [2.75, 3.05) is 10.8 Å².